The first-order valence-electron chi connectivity index (χ1n) is 6.27. The molecule has 0 fully saturated rings. The number of benzene rings is 2. The molecule has 0 saturated heterocycles. The van der Waals surface area contributed by atoms with Gasteiger partial charge in [0.15, 0.2) is 21.3 Å². The Kier molecular flexibility index (Phi) is 4.80. The van der Waals surface area contributed by atoms with E-state index in [-0.39, 0.29) is 17.3 Å². The molecule has 0 unspecified atom stereocenters. The Bertz CT molecular complexity index is 713. The van der Waals surface area contributed by atoms with E-state index in [0.717, 1.165) is 6.07 Å². The molecular formula is C15H15FO4S. The van der Waals surface area contributed by atoms with Gasteiger partial charge in [0.2, 0.25) is 0 Å². The fourth-order valence-electron chi connectivity index (χ4n) is 1.81. The average molecular weight is 310 g/mol. The van der Waals surface area contributed by atoms with Gasteiger partial charge in [-0.15, -0.1) is 0 Å². The van der Waals surface area contributed by atoms with E-state index >= 15 is 0 Å². The average Bonchev–Trinajstić information content (AvgIpc) is 2.48. The highest BCUT2D eigenvalue weighted by molar-refractivity contribution is 7.91. The Morgan fingerprint density at radius 2 is 1.62 bits per heavy atom. The molecule has 2 aromatic rings. The molecule has 0 atom stereocenters. The van der Waals surface area contributed by atoms with Gasteiger partial charge in [0, 0.05) is 0 Å². The van der Waals surface area contributed by atoms with Crippen LogP contribution in [0, 0.1) is 5.82 Å². The molecular weight excluding hydrogens is 295 g/mol. The van der Waals surface area contributed by atoms with Crippen molar-refractivity contribution in [2.45, 2.75) is 4.90 Å². The number of ether oxygens (including phenoxy) is 2. The van der Waals surface area contributed by atoms with E-state index < -0.39 is 15.7 Å². The van der Waals surface area contributed by atoms with Crippen molar-refractivity contribution in [2.75, 3.05) is 19.5 Å². The van der Waals surface area contributed by atoms with Crippen molar-refractivity contribution in [2.24, 2.45) is 0 Å². The standard InChI is InChI=1S/C15H15FO4S/c1-19-13-7-3-4-8-14(13)20-10-11-21(17,18)15-9-5-2-6-12(15)16/h2-9H,10-11H2,1H3. The molecule has 0 amide bonds. The largest absolute Gasteiger partial charge is 0.493 e. The predicted octanol–water partition coefficient (Wildman–Crippen LogP) is 2.69. The fraction of sp³-hybridized carbons (Fsp3) is 0.200. The van der Waals surface area contributed by atoms with E-state index in [1.807, 2.05) is 0 Å². The summed E-state index contributed by atoms with van der Waals surface area (Å²) < 4.78 is 48.1. The molecule has 0 spiro atoms. The van der Waals surface area contributed by atoms with Crippen LogP contribution in [0.1, 0.15) is 0 Å². The zero-order valence-corrected chi connectivity index (χ0v) is 12.3. The highest BCUT2D eigenvalue weighted by Gasteiger charge is 2.19. The van der Waals surface area contributed by atoms with Crippen molar-refractivity contribution in [3.8, 4) is 11.5 Å². The lowest BCUT2D eigenvalue weighted by Gasteiger charge is -2.10. The Hall–Kier alpha value is -2.08. The molecule has 0 N–H and O–H groups in total. The molecule has 2 aromatic carbocycles. The summed E-state index contributed by atoms with van der Waals surface area (Å²) in [6.45, 7) is -0.0863. The molecule has 0 aliphatic heterocycles. The van der Waals surface area contributed by atoms with Crippen LogP contribution in [0.2, 0.25) is 0 Å². The number of rotatable bonds is 6. The third kappa shape index (κ3) is 3.72. The molecule has 112 valence electrons. The third-order valence-corrected chi connectivity index (χ3v) is 4.56. The van der Waals surface area contributed by atoms with Crippen LogP contribution in [-0.2, 0) is 9.84 Å². The van der Waals surface area contributed by atoms with E-state index in [1.165, 1.54) is 25.3 Å². The quantitative estimate of drug-likeness (QED) is 0.823. The van der Waals surface area contributed by atoms with Crippen LogP contribution in [0.25, 0.3) is 0 Å². The summed E-state index contributed by atoms with van der Waals surface area (Å²) in [7, 11) is -2.22. The first-order chi connectivity index (χ1) is 10.0. The highest BCUT2D eigenvalue weighted by atomic mass is 32.2. The Balaban J connectivity index is 2.05. The number of hydrogen-bond donors (Lipinski definition) is 0. The van der Waals surface area contributed by atoms with E-state index in [4.69, 9.17) is 9.47 Å². The van der Waals surface area contributed by atoms with Crippen LogP contribution in [0.5, 0.6) is 11.5 Å². The smallest absolute Gasteiger partial charge is 0.184 e. The van der Waals surface area contributed by atoms with Crippen molar-refractivity contribution in [1.82, 2.24) is 0 Å². The van der Waals surface area contributed by atoms with Gasteiger partial charge in [-0.3, -0.25) is 0 Å². The Morgan fingerprint density at radius 3 is 2.29 bits per heavy atom. The summed E-state index contributed by atoms with van der Waals surface area (Å²) in [6, 6.07) is 12.2. The number of methoxy groups -OCH3 is 1. The second kappa shape index (κ2) is 6.58. The Morgan fingerprint density at radius 1 is 1.00 bits per heavy atom. The second-order valence-corrected chi connectivity index (χ2v) is 6.33. The molecule has 0 saturated carbocycles. The molecule has 0 radical (unpaired) electrons. The lowest BCUT2D eigenvalue weighted by Crippen LogP contribution is -2.15. The summed E-state index contributed by atoms with van der Waals surface area (Å²) in [5, 5.41) is 0. The summed E-state index contributed by atoms with van der Waals surface area (Å²) >= 11 is 0. The molecule has 0 aliphatic rings. The fourth-order valence-corrected chi connectivity index (χ4v) is 2.98. The highest BCUT2D eigenvalue weighted by Crippen LogP contribution is 2.26. The molecule has 0 heterocycles. The third-order valence-electron chi connectivity index (χ3n) is 2.85. The molecule has 2 rings (SSSR count). The number of para-hydroxylation sites is 2. The van der Waals surface area contributed by atoms with Gasteiger partial charge in [0.05, 0.1) is 12.9 Å². The molecule has 0 aliphatic carbocycles. The number of hydrogen-bond acceptors (Lipinski definition) is 4. The summed E-state index contributed by atoms with van der Waals surface area (Å²) in [4.78, 5) is -0.311. The van der Waals surface area contributed by atoms with E-state index in [2.05, 4.69) is 0 Å². The minimum atomic E-state index is -3.72. The molecule has 0 bridgehead atoms. The molecule has 6 heteroatoms. The van der Waals surface area contributed by atoms with E-state index in [1.54, 1.807) is 24.3 Å². The van der Waals surface area contributed by atoms with Gasteiger partial charge in [0.1, 0.15) is 17.3 Å². The van der Waals surface area contributed by atoms with Crippen molar-refractivity contribution in [3.63, 3.8) is 0 Å². The monoisotopic (exact) mass is 310 g/mol. The van der Waals surface area contributed by atoms with Gasteiger partial charge in [-0.2, -0.15) is 0 Å². The maximum absolute atomic E-state index is 13.5. The topological polar surface area (TPSA) is 52.6 Å². The summed E-state index contributed by atoms with van der Waals surface area (Å²) in [5.74, 6) is -0.106. The van der Waals surface area contributed by atoms with E-state index in [0.29, 0.717) is 11.5 Å². The van der Waals surface area contributed by atoms with Crippen LogP contribution < -0.4 is 9.47 Å². The van der Waals surface area contributed by atoms with Crippen LogP contribution >= 0.6 is 0 Å². The van der Waals surface area contributed by atoms with Crippen LogP contribution in [0.3, 0.4) is 0 Å². The predicted molar refractivity (Wildman–Crippen MR) is 76.9 cm³/mol. The molecule has 4 nitrogen and oxygen atoms in total. The van der Waals surface area contributed by atoms with E-state index in [9.17, 15) is 12.8 Å². The lowest BCUT2D eigenvalue weighted by molar-refractivity contribution is 0.311. The molecule has 0 aromatic heterocycles. The number of sulfone groups is 1. The van der Waals surface area contributed by atoms with Gasteiger partial charge < -0.3 is 9.47 Å². The van der Waals surface area contributed by atoms with Gasteiger partial charge in [0.25, 0.3) is 0 Å². The van der Waals surface area contributed by atoms with Gasteiger partial charge in [-0.1, -0.05) is 24.3 Å². The number of halogens is 1. The van der Waals surface area contributed by atoms with Gasteiger partial charge in [-0.25, -0.2) is 12.8 Å². The summed E-state index contributed by atoms with van der Waals surface area (Å²) in [6.07, 6.45) is 0. The van der Waals surface area contributed by atoms with Crippen molar-refractivity contribution in [1.29, 1.82) is 0 Å². The minimum absolute atomic E-state index is 0.0863. The maximum atomic E-state index is 13.5. The van der Waals surface area contributed by atoms with Gasteiger partial charge in [-0.05, 0) is 24.3 Å². The zero-order valence-electron chi connectivity index (χ0n) is 11.5. The second-order valence-electron chi connectivity index (χ2n) is 4.25. The Labute approximate surface area is 123 Å². The molecule has 21 heavy (non-hydrogen) atoms. The van der Waals surface area contributed by atoms with Crippen molar-refractivity contribution < 1.29 is 22.3 Å². The maximum Gasteiger partial charge on any atom is 0.184 e. The SMILES string of the molecule is COc1ccccc1OCCS(=O)(=O)c1ccccc1F. The zero-order chi connectivity index (χ0) is 15.3. The lowest BCUT2D eigenvalue weighted by atomic mass is 10.3. The minimum Gasteiger partial charge on any atom is -0.493 e. The van der Waals surface area contributed by atoms with Crippen LogP contribution in [-0.4, -0.2) is 27.9 Å². The van der Waals surface area contributed by atoms with Crippen molar-refractivity contribution >= 4 is 9.84 Å². The summed E-state index contributed by atoms with van der Waals surface area (Å²) in [5.41, 5.74) is 0. The normalized spacial score (nSPS) is 11.1. The van der Waals surface area contributed by atoms with Gasteiger partial charge >= 0.3 is 0 Å². The van der Waals surface area contributed by atoms with Crippen LogP contribution in [0.4, 0.5) is 4.39 Å². The first kappa shape index (κ1) is 15.3. The van der Waals surface area contributed by atoms with Crippen molar-refractivity contribution in [3.05, 3.63) is 54.3 Å². The first-order valence-corrected chi connectivity index (χ1v) is 7.93. The van der Waals surface area contributed by atoms with Crippen LogP contribution in [0.15, 0.2) is 53.4 Å².